The fourth-order valence-corrected chi connectivity index (χ4v) is 9.06. The molecule has 0 bridgehead atoms. The molecule has 0 unspecified atom stereocenters. The normalized spacial score (nSPS) is 12.4. The Bertz CT molecular complexity index is 1750. The molecule has 0 saturated heterocycles. The van der Waals surface area contributed by atoms with Crippen LogP contribution in [-0.2, 0) is 42.3 Å². The average molecular weight is 803 g/mol. The van der Waals surface area contributed by atoms with E-state index in [0.717, 1.165) is 5.56 Å². The first-order valence-corrected chi connectivity index (χ1v) is 17.3. The number of halogens is 1. The zero-order valence-electron chi connectivity index (χ0n) is 25.7. The van der Waals surface area contributed by atoms with Crippen molar-refractivity contribution in [3.8, 4) is 5.75 Å². The molecule has 7 nitrogen and oxygen atoms in total. The standard InChI is InChI=1S/C36H33N6OPS2.BrH.Cu/c1-37-35(45)41-39-34(28-22-24-29(43)25-23-28)33(27-14-6-2-7-15-27)40-42-36(46)38-26-44(30-16-8-3-9-17-30,31-18-10-4-11-19-31)32-20-12-5-13-21-32;;/h2-25H,26H2,1H3,(H4-,37,38,39,40,41,42,43,45,46);1H;/q;;+2/p-2. The number of nitrogens with one attached hydrogen (secondary N) is 2. The van der Waals surface area contributed by atoms with E-state index in [1.165, 1.54) is 15.9 Å². The van der Waals surface area contributed by atoms with E-state index in [4.69, 9.17) is 25.3 Å². The number of rotatable bonds is 10. The van der Waals surface area contributed by atoms with Crippen LogP contribution >= 0.6 is 7.26 Å². The molecule has 5 aromatic carbocycles. The molecule has 0 aliphatic carbocycles. The van der Waals surface area contributed by atoms with Gasteiger partial charge in [-0.1, -0.05) is 84.9 Å². The Morgan fingerprint density at radius 3 is 1.35 bits per heavy atom. The molecule has 0 heterocycles. The molecule has 0 aliphatic rings. The Balaban J connectivity index is 0.00000312. The number of phenolic OH excluding ortho intramolecular Hbond substituents is 1. The minimum Gasteiger partial charge on any atom is -1.00 e. The molecular formula is C36H32BrCuN6OPS2. The molecule has 0 aromatic heterocycles. The van der Waals surface area contributed by atoms with Gasteiger partial charge in [0, 0.05) is 23.3 Å². The van der Waals surface area contributed by atoms with E-state index in [1.54, 1.807) is 31.3 Å². The van der Waals surface area contributed by atoms with E-state index in [9.17, 15) is 5.11 Å². The summed E-state index contributed by atoms with van der Waals surface area (Å²) in [6.45, 7) is 0. The number of aromatic hydroxyl groups is 1. The largest absolute Gasteiger partial charge is 2.00 e. The second-order valence-electron chi connectivity index (χ2n) is 10.0. The van der Waals surface area contributed by atoms with Gasteiger partial charge in [-0.25, -0.2) is 0 Å². The van der Waals surface area contributed by atoms with Crippen LogP contribution in [0.5, 0.6) is 5.75 Å². The zero-order chi connectivity index (χ0) is 32.2. The van der Waals surface area contributed by atoms with Crippen LogP contribution < -0.4 is 43.5 Å². The third-order valence-corrected chi connectivity index (χ3v) is 11.8. The van der Waals surface area contributed by atoms with Crippen molar-refractivity contribution in [2.45, 2.75) is 0 Å². The van der Waals surface area contributed by atoms with Crippen LogP contribution in [0.1, 0.15) is 11.1 Å². The zero-order valence-corrected chi connectivity index (χ0v) is 30.8. The van der Waals surface area contributed by atoms with Gasteiger partial charge in [0.2, 0.25) is 0 Å². The number of hydrogen-bond acceptors (Lipinski definition) is 7. The molecule has 0 aliphatic heterocycles. The summed E-state index contributed by atoms with van der Waals surface area (Å²) in [5, 5.41) is 38.1. The van der Waals surface area contributed by atoms with Gasteiger partial charge >= 0.3 is 17.1 Å². The van der Waals surface area contributed by atoms with Crippen molar-refractivity contribution < 1.29 is 39.2 Å². The molecule has 0 spiro atoms. The van der Waals surface area contributed by atoms with Crippen molar-refractivity contribution in [2.24, 2.45) is 20.4 Å². The van der Waals surface area contributed by atoms with E-state index in [1.807, 2.05) is 48.5 Å². The fourth-order valence-electron chi connectivity index (χ4n) is 4.93. The minimum atomic E-state index is -2.20. The number of phenols is 1. The quantitative estimate of drug-likeness (QED) is 0.0503. The van der Waals surface area contributed by atoms with Gasteiger partial charge in [-0.3, -0.25) is 0 Å². The van der Waals surface area contributed by atoms with Crippen LogP contribution in [0, 0.1) is 0 Å². The van der Waals surface area contributed by atoms with Crippen molar-refractivity contribution in [3.63, 3.8) is 0 Å². The Labute approximate surface area is 314 Å². The molecule has 1 radical (unpaired) electrons. The third-order valence-electron chi connectivity index (χ3n) is 7.17. The maximum atomic E-state index is 9.93. The summed E-state index contributed by atoms with van der Waals surface area (Å²) in [7, 11) is -0.523. The number of benzene rings is 5. The van der Waals surface area contributed by atoms with E-state index in [-0.39, 0.29) is 50.1 Å². The van der Waals surface area contributed by atoms with Gasteiger partial charge in [-0.2, -0.15) is 10.2 Å². The molecular weight excluding hydrogens is 771 g/mol. The first kappa shape index (κ1) is 38.5. The maximum Gasteiger partial charge on any atom is 2.00 e. The SMILES string of the molecule is CNC([S-])=NN=C(C(=NN=C([S-])NC[P+](c1ccccc1)(c1ccccc1)c1ccccc1)c1ccccc1)c1ccc(O)cc1.[Br-].[Cu+2]. The second-order valence-corrected chi connectivity index (χ2v) is 14.3. The molecule has 5 rings (SSSR count). The van der Waals surface area contributed by atoms with Crippen LogP contribution in [0.3, 0.4) is 0 Å². The predicted molar refractivity (Wildman–Crippen MR) is 199 cm³/mol. The average Bonchev–Trinajstić information content (AvgIpc) is 3.12. The summed E-state index contributed by atoms with van der Waals surface area (Å²) >= 11 is 11.0. The summed E-state index contributed by atoms with van der Waals surface area (Å²) in [6, 6.07) is 47.8. The van der Waals surface area contributed by atoms with E-state index in [0.29, 0.717) is 23.3 Å². The number of nitrogens with zero attached hydrogens (tertiary/aromatic N) is 4. The summed E-state index contributed by atoms with van der Waals surface area (Å²) in [5.74, 6) is 0.126. The van der Waals surface area contributed by atoms with E-state index >= 15 is 0 Å². The monoisotopic (exact) mass is 801 g/mol. The Morgan fingerprint density at radius 1 is 0.562 bits per heavy atom. The smallest absolute Gasteiger partial charge is 1.00 e. The molecule has 247 valence electrons. The Kier molecular flexibility index (Phi) is 15.4. The van der Waals surface area contributed by atoms with Gasteiger partial charge in [-0.05, 0) is 65.8 Å². The predicted octanol–water partition coefficient (Wildman–Crippen LogP) is 2.07. The van der Waals surface area contributed by atoms with Crippen molar-refractivity contribution in [3.05, 3.63) is 157 Å². The van der Waals surface area contributed by atoms with E-state index < -0.39 is 7.26 Å². The van der Waals surface area contributed by atoms with Crippen molar-refractivity contribution in [1.82, 2.24) is 10.6 Å². The van der Waals surface area contributed by atoms with Crippen LogP contribution in [0.4, 0.5) is 0 Å². The van der Waals surface area contributed by atoms with Crippen LogP contribution in [0.2, 0.25) is 0 Å². The molecule has 0 amide bonds. The fraction of sp³-hybridized carbons (Fsp3) is 0.0556. The van der Waals surface area contributed by atoms with Crippen molar-refractivity contribution in [2.75, 3.05) is 13.3 Å². The molecule has 48 heavy (non-hydrogen) atoms. The van der Waals surface area contributed by atoms with Gasteiger partial charge in [0.1, 0.15) is 46.6 Å². The number of amidine groups is 2. The molecule has 0 atom stereocenters. The van der Waals surface area contributed by atoms with Crippen LogP contribution in [0.25, 0.3) is 0 Å². The van der Waals surface area contributed by atoms with Crippen LogP contribution in [0.15, 0.2) is 166 Å². The molecule has 3 N–H and O–H groups in total. The van der Waals surface area contributed by atoms with Crippen LogP contribution in [-0.4, -0.2) is 40.2 Å². The van der Waals surface area contributed by atoms with Gasteiger partial charge < -0.3 is 58.0 Å². The minimum absolute atomic E-state index is 0. The first-order chi connectivity index (χ1) is 22.5. The van der Waals surface area contributed by atoms with E-state index in [2.05, 4.69) is 104 Å². The molecule has 0 fully saturated rings. The third kappa shape index (κ3) is 9.57. The van der Waals surface area contributed by atoms with Gasteiger partial charge in [0.15, 0.2) is 0 Å². The molecule has 5 aromatic rings. The Morgan fingerprint density at radius 2 is 0.938 bits per heavy atom. The summed E-state index contributed by atoms with van der Waals surface area (Å²) in [5.41, 5.74) is 2.27. The first-order valence-electron chi connectivity index (χ1n) is 14.5. The van der Waals surface area contributed by atoms with Gasteiger partial charge in [0.05, 0.1) is 0 Å². The van der Waals surface area contributed by atoms with Crippen molar-refractivity contribution in [1.29, 1.82) is 0 Å². The topological polar surface area (TPSA) is 93.7 Å². The summed E-state index contributed by atoms with van der Waals surface area (Å²) in [6.07, 6.45) is 0.536. The summed E-state index contributed by atoms with van der Waals surface area (Å²) < 4.78 is 0. The molecule has 0 saturated carbocycles. The second kappa shape index (κ2) is 19.1. The summed E-state index contributed by atoms with van der Waals surface area (Å²) in [4.78, 5) is 0. The molecule has 12 heteroatoms. The van der Waals surface area contributed by atoms with Gasteiger partial charge in [-0.15, -0.1) is 10.2 Å². The maximum absolute atomic E-state index is 9.93. The Hall–Kier alpha value is -3.95. The van der Waals surface area contributed by atoms with Gasteiger partial charge in [0.25, 0.3) is 0 Å². The van der Waals surface area contributed by atoms with Crippen molar-refractivity contribution >= 4 is 70.2 Å². The number of hydrogen-bond donors (Lipinski definition) is 3.